The van der Waals surface area contributed by atoms with Gasteiger partial charge in [0.15, 0.2) is 0 Å². The summed E-state index contributed by atoms with van der Waals surface area (Å²) in [6, 6.07) is 20.6. The number of aromatic nitrogens is 1. The number of fused-ring (bicyclic) bond motifs is 2. The third-order valence-corrected chi connectivity index (χ3v) is 6.43. The molecule has 5 rings (SSSR count). The molecule has 4 aromatic rings. The van der Waals surface area contributed by atoms with Gasteiger partial charge in [0.2, 0.25) is 5.91 Å². The highest BCUT2D eigenvalue weighted by Crippen LogP contribution is 2.24. The van der Waals surface area contributed by atoms with Crippen molar-refractivity contribution in [1.29, 1.82) is 0 Å². The van der Waals surface area contributed by atoms with Crippen LogP contribution in [0.4, 0.5) is 10.1 Å². The average molecular weight is 470 g/mol. The standard InChI is InChI=1S/C28H24FN3O3/c1-18-14-21(29)10-11-24(18)30-26(33)17-32-25-9-5-4-8-22(25)23(15-27(32)34)28(35)31-13-12-19-6-2-3-7-20(19)16-31/h2-11,14-15H,12-13,16-17H2,1H3,(H,30,33). The Bertz CT molecular complexity index is 1530. The number of aryl methyl sites for hydroxylation is 1. The van der Waals surface area contributed by atoms with Crippen LogP contribution < -0.4 is 10.9 Å². The SMILES string of the molecule is Cc1cc(F)ccc1NC(=O)Cn1c(=O)cc(C(=O)N2CCc3ccccc3C2)c2ccccc21. The Labute approximate surface area is 201 Å². The maximum Gasteiger partial charge on any atom is 0.255 e. The fraction of sp³-hybridized carbons (Fsp3) is 0.179. The Kier molecular flexibility index (Phi) is 5.91. The van der Waals surface area contributed by atoms with E-state index in [1.807, 2.05) is 18.2 Å². The zero-order valence-electron chi connectivity index (χ0n) is 19.3. The molecule has 2 amide bonds. The molecule has 0 atom stereocenters. The molecule has 0 fully saturated rings. The summed E-state index contributed by atoms with van der Waals surface area (Å²) in [6.45, 7) is 2.53. The van der Waals surface area contributed by atoms with E-state index in [0.717, 1.165) is 12.0 Å². The largest absolute Gasteiger partial charge is 0.334 e. The Morgan fingerprint density at radius 2 is 1.71 bits per heavy atom. The molecule has 1 aromatic heterocycles. The smallest absolute Gasteiger partial charge is 0.255 e. The van der Waals surface area contributed by atoms with Crippen molar-refractivity contribution in [2.75, 3.05) is 11.9 Å². The molecule has 0 saturated heterocycles. The van der Waals surface area contributed by atoms with Crippen molar-refractivity contribution in [2.24, 2.45) is 0 Å². The predicted octanol–water partition coefficient (Wildman–Crippen LogP) is 4.29. The average Bonchev–Trinajstić information content (AvgIpc) is 2.86. The van der Waals surface area contributed by atoms with Crippen molar-refractivity contribution < 1.29 is 14.0 Å². The van der Waals surface area contributed by atoms with Crippen LogP contribution in [-0.4, -0.2) is 27.8 Å². The number of para-hydroxylation sites is 1. The van der Waals surface area contributed by atoms with E-state index in [-0.39, 0.29) is 18.3 Å². The first-order valence-electron chi connectivity index (χ1n) is 11.5. The van der Waals surface area contributed by atoms with E-state index in [1.165, 1.54) is 34.4 Å². The summed E-state index contributed by atoms with van der Waals surface area (Å²) in [5.41, 5.74) is 3.81. The number of anilines is 1. The molecule has 1 aliphatic rings. The van der Waals surface area contributed by atoms with Gasteiger partial charge in [0.05, 0.1) is 11.1 Å². The monoisotopic (exact) mass is 469 g/mol. The Balaban J connectivity index is 1.45. The molecule has 0 saturated carbocycles. The van der Waals surface area contributed by atoms with E-state index in [2.05, 4.69) is 11.4 Å². The van der Waals surface area contributed by atoms with Crippen molar-refractivity contribution >= 4 is 28.4 Å². The number of nitrogens with zero attached hydrogens (tertiary/aromatic N) is 2. The lowest BCUT2D eigenvalue weighted by Crippen LogP contribution is -2.37. The molecular formula is C28H24FN3O3. The molecule has 0 unspecified atom stereocenters. The maximum absolute atomic E-state index is 13.5. The van der Waals surface area contributed by atoms with E-state index in [4.69, 9.17) is 0 Å². The third-order valence-electron chi connectivity index (χ3n) is 6.43. The lowest BCUT2D eigenvalue weighted by Gasteiger charge is -2.29. The lowest BCUT2D eigenvalue weighted by atomic mass is 9.98. The van der Waals surface area contributed by atoms with Gasteiger partial charge >= 0.3 is 0 Å². The van der Waals surface area contributed by atoms with Gasteiger partial charge < -0.3 is 10.2 Å². The van der Waals surface area contributed by atoms with Crippen molar-refractivity contribution in [3.05, 3.63) is 111 Å². The number of pyridine rings is 1. The molecule has 1 N–H and O–H groups in total. The second kappa shape index (κ2) is 9.18. The fourth-order valence-electron chi connectivity index (χ4n) is 4.61. The van der Waals surface area contributed by atoms with Gasteiger partial charge in [-0.1, -0.05) is 42.5 Å². The first-order valence-corrected chi connectivity index (χ1v) is 11.5. The first-order chi connectivity index (χ1) is 16.9. The molecule has 1 aliphatic heterocycles. The normalized spacial score (nSPS) is 12.9. The first kappa shape index (κ1) is 22.5. The van der Waals surface area contributed by atoms with Crippen LogP contribution in [0.15, 0.2) is 77.6 Å². The summed E-state index contributed by atoms with van der Waals surface area (Å²) in [5, 5.41) is 3.35. The van der Waals surface area contributed by atoms with E-state index < -0.39 is 11.5 Å². The zero-order chi connectivity index (χ0) is 24.5. The maximum atomic E-state index is 13.5. The molecule has 35 heavy (non-hydrogen) atoms. The second-order valence-corrected chi connectivity index (χ2v) is 8.75. The second-order valence-electron chi connectivity index (χ2n) is 8.75. The molecule has 0 radical (unpaired) electrons. The molecule has 176 valence electrons. The number of halogens is 1. The Morgan fingerprint density at radius 1 is 0.971 bits per heavy atom. The van der Waals surface area contributed by atoms with Crippen molar-refractivity contribution in [1.82, 2.24) is 9.47 Å². The topological polar surface area (TPSA) is 71.4 Å². The molecular weight excluding hydrogens is 445 g/mol. The van der Waals surface area contributed by atoms with E-state index >= 15 is 0 Å². The van der Waals surface area contributed by atoms with Gasteiger partial charge in [-0.2, -0.15) is 0 Å². The van der Waals surface area contributed by atoms with Crippen LogP contribution in [0.25, 0.3) is 10.9 Å². The van der Waals surface area contributed by atoms with Crippen molar-refractivity contribution in [3.63, 3.8) is 0 Å². The minimum absolute atomic E-state index is 0.202. The quantitative estimate of drug-likeness (QED) is 0.485. The highest BCUT2D eigenvalue weighted by atomic mass is 19.1. The molecule has 3 aromatic carbocycles. The number of carbonyl (C=O) groups excluding carboxylic acids is 2. The Hall–Kier alpha value is -4.26. The highest BCUT2D eigenvalue weighted by molar-refractivity contribution is 6.06. The number of hydrogen-bond acceptors (Lipinski definition) is 3. The minimum Gasteiger partial charge on any atom is -0.334 e. The van der Waals surface area contributed by atoms with Crippen LogP contribution in [-0.2, 0) is 24.3 Å². The lowest BCUT2D eigenvalue weighted by molar-refractivity contribution is -0.116. The summed E-state index contributed by atoms with van der Waals surface area (Å²) in [7, 11) is 0. The summed E-state index contributed by atoms with van der Waals surface area (Å²) in [6.07, 6.45) is 0.764. The molecule has 0 aliphatic carbocycles. The van der Waals surface area contributed by atoms with Crippen LogP contribution in [0.3, 0.4) is 0 Å². The number of rotatable bonds is 4. The van der Waals surface area contributed by atoms with Crippen LogP contribution >= 0.6 is 0 Å². The van der Waals surface area contributed by atoms with Gasteiger partial charge in [-0.05, 0) is 54.3 Å². The fourth-order valence-corrected chi connectivity index (χ4v) is 4.61. The number of carbonyl (C=O) groups is 2. The Morgan fingerprint density at radius 3 is 2.51 bits per heavy atom. The van der Waals surface area contributed by atoms with Gasteiger partial charge in [0, 0.05) is 30.2 Å². The summed E-state index contributed by atoms with van der Waals surface area (Å²) in [5.74, 6) is -1.01. The van der Waals surface area contributed by atoms with Gasteiger partial charge in [-0.25, -0.2) is 4.39 Å². The number of hydrogen-bond donors (Lipinski definition) is 1. The number of benzene rings is 3. The summed E-state index contributed by atoms with van der Waals surface area (Å²) in [4.78, 5) is 41.1. The van der Waals surface area contributed by atoms with Crippen LogP contribution in [0.5, 0.6) is 0 Å². The molecule has 7 heteroatoms. The number of nitrogens with one attached hydrogen (secondary N) is 1. The molecule has 2 heterocycles. The van der Waals surface area contributed by atoms with Crippen LogP contribution in [0.1, 0.15) is 27.0 Å². The zero-order valence-corrected chi connectivity index (χ0v) is 19.3. The van der Waals surface area contributed by atoms with Gasteiger partial charge in [-0.3, -0.25) is 19.0 Å². The van der Waals surface area contributed by atoms with Gasteiger partial charge in [0.25, 0.3) is 11.5 Å². The van der Waals surface area contributed by atoms with Gasteiger partial charge in [-0.15, -0.1) is 0 Å². The van der Waals surface area contributed by atoms with E-state index in [9.17, 15) is 18.8 Å². The number of amides is 2. The van der Waals surface area contributed by atoms with Crippen LogP contribution in [0.2, 0.25) is 0 Å². The van der Waals surface area contributed by atoms with E-state index in [0.29, 0.717) is 40.8 Å². The van der Waals surface area contributed by atoms with Crippen molar-refractivity contribution in [3.8, 4) is 0 Å². The minimum atomic E-state index is -0.435. The third kappa shape index (κ3) is 4.45. The van der Waals surface area contributed by atoms with Gasteiger partial charge in [0.1, 0.15) is 12.4 Å². The molecule has 0 spiro atoms. The van der Waals surface area contributed by atoms with Crippen molar-refractivity contribution in [2.45, 2.75) is 26.4 Å². The van der Waals surface area contributed by atoms with E-state index in [1.54, 1.807) is 36.1 Å². The molecule has 0 bridgehead atoms. The summed E-state index contributed by atoms with van der Waals surface area (Å²) >= 11 is 0. The van der Waals surface area contributed by atoms with Crippen LogP contribution in [0, 0.1) is 12.7 Å². The predicted molar refractivity (Wildman–Crippen MR) is 133 cm³/mol. The summed E-state index contributed by atoms with van der Waals surface area (Å²) < 4.78 is 14.7. The highest BCUT2D eigenvalue weighted by Gasteiger charge is 2.24. The molecule has 6 nitrogen and oxygen atoms in total.